The van der Waals surface area contributed by atoms with E-state index in [-0.39, 0.29) is 54.1 Å². The normalized spacial score (nSPS) is 20.1. The van der Waals surface area contributed by atoms with Crippen LogP contribution in [0.15, 0.2) is 59.4 Å². The largest absolute Gasteiger partial charge is 0.356 e. The summed E-state index contributed by atoms with van der Waals surface area (Å²) in [5.74, 6) is 0.0207. The second-order valence-electron chi connectivity index (χ2n) is 12.9. The molecule has 3 atom stereocenters. The first kappa shape index (κ1) is 32.3. The number of allylic oxidation sites excluding steroid dienone is 2. The number of piperazine rings is 1. The van der Waals surface area contributed by atoms with Crippen molar-refractivity contribution in [2.75, 3.05) is 32.7 Å². The van der Waals surface area contributed by atoms with Crippen molar-refractivity contribution >= 4 is 34.3 Å². The molecule has 10 nitrogen and oxygen atoms in total. The number of H-pyrrole nitrogens is 1. The summed E-state index contributed by atoms with van der Waals surface area (Å²) in [5, 5.41) is 10.9. The van der Waals surface area contributed by atoms with E-state index in [2.05, 4.69) is 27.7 Å². The van der Waals surface area contributed by atoms with E-state index >= 15 is 0 Å². The number of aromatic amines is 1. The first-order valence-electron chi connectivity index (χ1n) is 16.6. The third kappa shape index (κ3) is 7.50. The van der Waals surface area contributed by atoms with Gasteiger partial charge in [0.15, 0.2) is 0 Å². The highest BCUT2D eigenvalue weighted by molar-refractivity contribution is 5.95. The molecule has 3 aliphatic rings. The molecule has 3 aromatic rings. The van der Waals surface area contributed by atoms with Crippen LogP contribution in [0.2, 0.25) is 0 Å². The van der Waals surface area contributed by atoms with Gasteiger partial charge in [-0.15, -0.1) is 0 Å². The summed E-state index contributed by atoms with van der Waals surface area (Å²) in [6, 6.07) is 11.5. The molecule has 1 aromatic heterocycles. The number of carbonyl (C=O) groups is 4. The number of Topliss-reactive ketones (excluding diaryl/α,β-unsaturated/α-hetero) is 1. The van der Waals surface area contributed by atoms with Crippen LogP contribution in [0.3, 0.4) is 0 Å². The van der Waals surface area contributed by atoms with Crippen LogP contribution in [0.25, 0.3) is 10.8 Å². The second kappa shape index (κ2) is 14.4. The molecule has 2 heterocycles. The van der Waals surface area contributed by atoms with Gasteiger partial charge in [0.05, 0.1) is 16.6 Å². The molecule has 2 aromatic carbocycles. The molecule has 0 spiro atoms. The fourth-order valence-electron chi connectivity index (χ4n) is 7.11. The van der Waals surface area contributed by atoms with Crippen LogP contribution in [-0.4, -0.2) is 76.2 Å². The minimum atomic E-state index is -0.623. The van der Waals surface area contributed by atoms with Crippen molar-refractivity contribution in [2.45, 2.75) is 51.4 Å². The van der Waals surface area contributed by atoms with Crippen molar-refractivity contribution in [1.82, 2.24) is 25.3 Å². The maximum Gasteiger partial charge on any atom is 0.272 e. The third-order valence-corrected chi connectivity index (χ3v) is 9.72. The van der Waals surface area contributed by atoms with Crippen molar-refractivity contribution in [3.63, 3.8) is 0 Å². The molecule has 2 aliphatic carbocycles. The topological polar surface area (TPSA) is 133 Å². The van der Waals surface area contributed by atoms with Gasteiger partial charge >= 0.3 is 0 Å². The van der Waals surface area contributed by atoms with Crippen molar-refractivity contribution < 1.29 is 23.6 Å². The summed E-state index contributed by atoms with van der Waals surface area (Å²) in [7, 11) is 0. The number of aromatic nitrogens is 2. The molecule has 0 radical (unpaired) electrons. The molecule has 2 fully saturated rings. The van der Waals surface area contributed by atoms with Gasteiger partial charge < -0.3 is 15.1 Å². The van der Waals surface area contributed by atoms with Crippen LogP contribution >= 0.6 is 0 Å². The Hall–Kier alpha value is -4.67. The summed E-state index contributed by atoms with van der Waals surface area (Å²) in [4.78, 5) is 66.2. The molecule has 1 saturated carbocycles. The van der Waals surface area contributed by atoms with Gasteiger partial charge in [-0.3, -0.25) is 24.0 Å². The van der Waals surface area contributed by atoms with E-state index in [1.54, 1.807) is 28.0 Å². The number of ketones is 1. The minimum absolute atomic E-state index is 0.0446. The Labute approximate surface area is 272 Å². The van der Waals surface area contributed by atoms with E-state index in [9.17, 15) is 28.4 Å². The van der Waals surface area contributed by atoms with Gasteiger partial charge in [-0.2, -0.15) is 5.10 Å². The maximum atomic E-state index is 14.8. The number of carbonyl (C=O) groups excluding carboxylic acids is 4. The number of rotatable bonds is 12. The van der Waals surface area contributed by atoms with E-state index in [0.717, 1.165) is 12.8 Å². The fourth-order valence-corrected chi connectivity index (χ4v) is 7.11. The molecule has 246 valence electrons. The average molecular weight is 642 g/mol. The monoisotopic (exact) mass is 641 g/mol. The maximum absolute atomic E-state index is 14.8. The number of fused-ring (bicyclic) bond motifs is 3. The molecule has 1 aliphatic heterocycles. The molecular formula is C36H40FN5O5. The van der Waals surface area contributed by atoms with Gasteiger partial charge in [0.1, 0.15) is 11.6 Å². The van der Waals surface area contributed by atoms with Crippen LogP contribution < -0.4 is 10.9 Å². The van der Waals surface area contributed by atoms with Crippen molar-refractivity contribution in [2.24, 2.45) is 17.8 Å². The highest BCUT2D eigenvalue weighted by atomic mass is 19.1. The van der Waals surface area contributed by atoms with Gasteiger partial charge in [0, 0.05) is 69.7 Å². The first-order valence-corrected chi connectivity index (χ1v) is 16.6. The zero-order valence-corrected chi connectivity index (χ0v) is 26.4. The van der Waals surface area contributed by atoms with Crippen LogP contribution in [0.1, 0.15) is 66.6 Å². The standard InChI is InChI=1S/C36H40FN5O5/c37-31-13-11-24(22-32-27-7-1-2-8-28(27)35(46)40-39-32)21-30(31)36(47)42-17-15-41(16-18-42)33(44)9-3-5-26(43)6-4-14-38-34(45)29-20-23-10-12-25(29)19-23/h1-2,7-8,10-13,21,23,25,29H,3-6,9,14-20,22H2,(H,38,45)(H,40,46)/t23-,25+,29?/m1/s1. The number of hydrogen-bond acceptors (Lipinski definition) is 6. The highest BCUT2D eigenvalue weighted by Crippen LogP contribution is 2.43. The molecule has 6 rings (SSSR count). The zero-order valence-electron chi connectivity index (χ0n) is 26.4. The summed E-state index contributed by atoms with van der Waals surface area (Å²) >= 11 is 0. The summed E-state index contributed by atoms with van der Waals surface area (Å²) in [5.41, 5.74) is 0.965. The Morgan fingerprint density at radius 1 is 0.894 bits per heavy atom. The molecule has 1 saturated heterocycles. The molecule has 11 heteroatoms. The minimum Gasteiger partial charge on any atom is -0.356 e. The fraction of sp³-hybridized carbons (Fsp3) is 0.444. The van der Waals surface area contributed by atoms with Gasteiger partial charge in [-0.05, 0) is 61.3 Å². The lowest BCUT2D eigenvalue weighted by Gasteiger charge is -2.35. The molecule has 2 bridgehead atoms. The van der Waals surface area contributed by atoms with Crippen molar-refractivity contribution in [3.05, 3.63) is 87.6 Å². The number of benzene rings is 2. The Kier molecular flexibility index (Phi) is 9.89. The second-order valence-corrected chi connectivity index (χ2v) is 12.9. The number of nitrogens with zero attached hydrogens (tertiary/aromatic N) is 3. The van der Waals surface area contributed by atoms with E-state index in [1.165, 1.54) is 12.1 Å². The van der Waals surface area contributed by atoms with Crippen LogP contribution in [0, 0.1) is 23.6 Å². The first-order chi connectivity index (χ1) is 22.8. The van der Waals surface area contributed by atoms with Gasteiger partial charge in [0.2, 0.25) is 11.8 Å². The molecule has 47 heavy (non-hydrogen) atoms. The SMILES string of the molecule is O=C(CCCNC(=O)C1C[C@@H]2C=C[C@H]1C2)CCCC(=O)N1CCN(C(=O)c2cc(Cc3n[nH]c(=O)c4ccccc34)ccc2F)CC1. The number of nitrogens with one attached hydrogen (secondary N) is 2. The predicted molar refractivity (Wildman–Crippen MR) is 174 cm³/mol. The van der Waals surface area contributed by atoms with E-state index in [1.807, 2.05) is 12.1 Å². The lowest BCUT2D eigenvalue weighted by atomic mass is 9.93. The smallest absolute Gasteiger partial charge is 0.272 e. The highest BCUT2D eigenvalue weighted by Gasteiger charge is 2.39. The predicted octanol–water partition coefficient (Wildman–Crippen LogP) is 3.79. The third-order valence-electron chi connectivity index (χ3n) is 9.72. The summed E-state index contributed by atoms with van der Waals surface area (Å²) in [6.45, 7) is 1.73. The van der Waals surface area contributed by atoms with E-state index < -0.39 is 11.7 Å². The van der Waals surface area contributed by atoms with Gasteiger partial charge in [0.25, 0.3) is 11.5 Å². The number of hydrogen-bond donors (Lipinski definition) is 2. The number of halogens is 1. The zero-order chi connectivity index (χ0) is 32.9. The molecular weight excluding hydrogens is 601 g/mol. The quantitative estimate of drug-likeness (QED) is 0.229. The van der Waals surface area contributed by atoms with Crippen molar-refractivity contribution in [1.29, 1.82) is 0 Å². The van der Waals surface area contributed by atoms with E-state index in [0.29, 0.717) is 85.6 Å². The Balaban J connectivity index is 0.914. The summed E-state index contributed by atoms with van der Waals surface area (Å²) < 4.78 is 14.8. The Morgan fingerprint density at radius 2 is 1.64 bits per heavy atom. The molecule has 1 unspecified atom stereocenters. The Morgan fingerprint density at radius 3 is 2.38 bits per heavy atom. The van der Waals surface area contributed by atoms with E-state index in [4.69, 9.17) is 0 Å². The Bertz CT molecular complexity index is 1760. The van der Waals surface area contributed by atoms with Crippen molar-refractivity contribution in [3.8, 4) is 0 Å². The summed E-state index contributed by atoms with van der Waals surface area (Å²) in [6.07, 6.45) is 8.66. The van der Waals surface area contributed by atoms with Gasteiger partial charge in [-0.1, -0.05) is 36.4 Å². The molecule has 2 N–H and O–H groups in total. The number of amides is 3. The average Bonchev–Trinajstić information content (AvgIpc) is 3.73. The van der Waals surface area contributed by atoms with Gasteiger partial charge in [-0.25, -0.2) is 9.49 Å². The van der Waals surface area contributed by atoms with Crippen LogP contribution in [0.4, 0.5) is 4.39 Å². The molecule has 3 amide bonds. The lowest BCUT2D eigenvalue weighted by molar-refractivity contribution is -0.133. The van der Waals surface area contributed by atoms with Crippen LogP contribution in [-0.2, 0) is 20.8 Å². The lowest BCUT2D eigenvalue weighted by Crippen LogP contribution is -2.50. The van der Waals surface area contributed by atoms with Crippen LogP contribution in [0.5, 0.6) is 0 Å².